The van der Waals surface area contributed by atoms with Crippen molar-refractivity contribution in [2.24, 2.45) is 23.5 Å². The lowest BCUT2D eigenvalue weighted by molar-refractivity contribution is -0.144. The molecule has 0 aliphatic heterocycles. The molecule has 5 heteroatoms. The molecule has 2 saturated carbocycles. The van der Waals surface area contributed by atoms with Gasteiger partial charge in [0.1, 0.15) is 0 Å². The fourth-order valence-corrected chi connectivity index (χ4v) is 3.30. The van der Waals surface area contributed by atoms with Gasteiger partial charge in [-0.3, -0.25) is 9.59 Å². The Hall–Kier alpha value is -1.10. The molecule has 0 aromatic carbocycles. The molecule has 0 saturated heterocycles. The van der Waals surface area contributed by atoms with Crippen LogP contribution in [0.15, 0.2) is 0 Å². The molecule has 4 N–H and O–H groups in total. The molecule has 90 valence electrons. The molecule has 2 bridgehead atoms. The van der Waals surface area contributed by atoms with Crippen LogP contribution in [0, 0.1) is 17.8 Å². The van der Waals surface area contributed by atoms with Crippen molar-refractivity contribution in [3.05, 3.63) is 0 Å². The van der Waals surface area contributed by atoms with Gasteiger partial charge in [0.2, 0.25) is 5.91 Å². The lowest BCUT2D eigenvalue weighted by Crippen LogP contribution is -2.45. The van der Waals surface area contributed by atoms with Crippen molar-refractivity contribution in [3.8, 4) is 0 Å². The number of carbonyl (C=O) groups is 2. The van der Waals surface area contributed by atoms with Crippen LogP contribution in [0.25, 0.3) is 0 Å². The summed E-state index contributed by atoms with van der Waals surface area (Å²) >= 11 is 0. The van der Waals surface area contributed by atoms with Crippen molar-refractivity contribution < 1.29 is 14.7 Å². The van der Waals surface area contributed by atoms with Gasteiger partial charge in [0.15, 0.2) is 0 Å². The van der Waals surface area contributed by atoms with Gasteiger partial charge in [-0.2, -0.15) is 0 Å². The molecule has 5 nitrogen and oxygen atoms in total. The third-order valence-electron chi connectivity index (χ3n) is 3.95. The van der Waals surface area contributed by atoms with Crippen molar-refractivity contribution >= 4 is 11.9 Å². The highest BCUT2D eigenvalue weighted by Crippen LogP contribution is 2.48. The molecule has 0 radical (unpaired) electrons. The second-order valence-electron chi connectivity index (χ2n) is 4.89. The summed E-state index contributed by atoms with van der Waals surface area (Å²) in [5.41, 5.74) is 5.05. The zero-order valence-electron chi connectivity index (χ0n) is 9.19. The third kappa shape index (κ3) is 2.04. The van der Waals surface area contributed by atoms with E-state index in [9.17, 15) is 14.7 Å². The number of primary amides is 1. The number of hydrogen-bond donors (Lipinski definition) is 3. The fraction of sp³-hybridized carbons (Fsp3) is 0.818. The first-order chi connectivity index (χ1) is 7.59. The Kier molecular flexibility index (Phi) is 3.14. The van der Waals surface area contributed by atoms with Crippen molar-refractivity contribution in [2.75, 3.05) is 6.54 Å². The van der Waals surface area contributed by atoms with Crippen LogP contribution < -0.4 is 11.1 Å². The molecule has 4 atom stereocenters. The molecule has 0 aromatic rings. The van der Waals surface area contributed by atoms with Crippen molar-refractivity contribution in [1.29, 1.82) is 0 Å². The summed E-state index contributed by atoms with van der Waals surface area (Å²) in [5, 5.41) is 12.4. The van der Waals surface area contributed by atoms with Gasteiger partial charge in [-0.1, -0.05) is 0 Å². The largest absolute Gasteiger partial charge is 0.481 e. The standard InChI is InChI=1S/C11H18N2O3/c12-8(14)3-4-13-10-7-2-1-6(5-7)9(10)11(15)16/h6-7,9-10,13H,1-5H2,(H2,12,14)(H,15,16). The number of nitrogens with two attached hydrogens (primary N) is 1. The molecule has 4 unspecified atom stereocenters. The number of carbonyl (C=O) groups excluding carboxylic acids is 1. The number of fused-ring (bicyclic) bond motifs is 2. The van der Waals surface area contributed by atoms with Crippen molar-refractivity contribution in [2.45, 2.75) is 31.7 Å². The summed E-state index contributed by atoms with van der Waals surface area (Å²) in [6.45, 7) is 0.493. The number of amides is 1. The van der Waals surface area contributed by atoms with Gasteiger partial charge >= 0.3 is 5.97 Å². The van der Waals surface area contributed by atoms with Gasteiger partial charge in [-0.05, 0) is 31.1 Å². The third-order valence-corrected chi connectivity index (χ3v) is 3.95. The van der Waals surface area contributed by atoms with E-state index in [4.69, 9.17) is 5.73 Å². The zero-order valence-corrected chi connectivity index (χ0v) is 9.19. The number of carboxylic acid groups (broad SMARTS) is 1. The highest BCUT2D eigenvalue weighted by atomic mass is 16.4. The van der Waals surface area contributed by atoms with Crippen LogP contribution in [-0.4, -0.2) is 29.6 Å². The highest BCUT2D eigenvalue weighted by molar-refractivity contribution is 5.74. The Morgan fingerprint density at radius 2 is 2.00 bits per heavy atom. The highest BCUT2D eigenvalue weighted by Gasteiger charge is 2.50. The molecule has 2 aliphatic rings. The van der Waals surface area contributed by atoms with E-state index in [1.165, 1.54) is 0 Å². The maximum absolute atomic E-state index is 11.2. The smallest absolute Gasteiger partial charge is 0.308 e. The molecule has 0 aromatic heterocycles. The lowest BCUT2D eigenvalue weighted by atomic mass is 9.84. The minimum absolute atomic E-state index is 0.0376. The fourth-order valence-electron chi connectivity index (χ4n) is 3.30. The van der Waals surface area contributed by atoms with E-state index in [1.54, 1.807) is 0 Å². The molecule has 16 heavy (non-hydrogen) atoms. The molecule has 2 rings (SSSR count). The minimum atomic E-state index is -0.705. The first kappa shape index (κ1) is 11.4. The van der Waals surface area contributed by atoms with Gasteiger partial charge in [0, 0.05) is 19.0 Å². The average molecular weight is 226 g/mol. The summed E-state index contributed by atoms with van der Waals surface area (Å²) in [5.74, 6) is -0.523. The summed E-state index contributed by atoms with van der Waals surface area (Å²) in [7, 11) is 0. The van der Waals surface area contributed by atoms with E-state index in [0.717, 1.165) is 19.3 Å². The first-order valence-corrected chi connectivity index (χ1v) is 5.84. The quantitative estimate of drug-likeness (QED) is 0.613. The van der Waals surface area contributed by atoms with E-state index in [-0.39, 0.29) is 24.3 Å². The van der Waals surface area contributed by atoms with Crippen LogP contribution >= 0.6 is 0 Å². The first-order valence-electron chi connectivity index (χ1n) is 5.84. The second kappa shape index (κ2) is 4.41. The zero-order chi connectivity index (χ0) is 11.7. The van der Waals surface area contributed by atoms with E-state index in [2.05, 4.69) is 5.32 Å². The van der Waals surface area contributed by atoms with Crippen molar-refractivity contribution in [1.82, 2.24) is 5.32 Å². The minimum Gasteiger partial charge on any atom is -0.481 e. The Balaban J connectivity index is 1.91. The summed E-state index contributed by atoms with van der Waals surface area (Å²) in [6, 6.07) is 0.0376. The van der Waals surface area contributed by atoms with E-state index < -0.39 is 5.97 Å². The number of aliphatic carboxylic acids is 1. The normalized spacial score (nSPS) is 36.5. The monoisotopic (exact) mass is 226 g/mol. The summed E-state index contributed by atoms with van der Waals surface area (Å²) in [6.07, 6.45) is 3.45. The summed E-state index contributed by atoms with van der Waals surface area (Å²) < 4.78 is 0. The average Bonchev–Trinajstić information content (AvgIpc) is 2.76. The maximum Gasteiger partial charge on any atom is 0.308 e. The number of carboxylic acids is 1. The van der Waals surface area contributed by atoms with Gasteiger partial charge in [-0.25, -0.2) is 0 Å². The molecule has 2 fully saturated rings. The molecule has 0 spiro atoms. The molecule has 2 aliphatic carbocycles. The van der Waals surface area contributed by atoms with Crippen LogP contribution in [-0.2, 0) is 9.59 Å². The topological polar surface area (TPSA) is 92.4 Å². The Morgan fingerprint density at radius 3 is 2.62 bits per heavy atom. The van der Waals surface area contributed by atoms with Crippen molar-refractivity contribution in [3.63, 3.8) is 0 Å². The SMILES string of the molecule is NC(=O)CCNC1C2CCC(C2)C1C(=O)O. The maximum atomic E-state index is 11.2. The number of rotatable bonds is 5. The van der Waals surface area contributed by atoms with E-state index in [1.807, 2.05) is 0 Å². The second-order valence-corrected chi connectivity index (χ2v) is 4.89. The molecular formula is C11H18N2O3. The Morgan fingerprint density at radius 1 is 1.31 bits per heavy atom. The van der Waals surface area contributed by atoms with Crippen LogP contribution in [0.5, 0.6) is 0 Å². The number of hydrogen-bond acceptors (Lipinski definition) is 3. The van der Waals surface area contributed by atoms with Crippen LogP contribution in [0.4, 0.5) is 0 Å². The van der Waals surface area contributed by atoms with Crippen LogP contribution in [0.2, 0.25) is 0 Å². The Bertz CT molecular complexity index is 306. The van der Waals surface area contributed by atoms with E-state index >= 15 is 0 Å². The van der Waals surface area contributed by atoms with Gasteiger partial charge in [-0.15, -0.1) is 0 Å². The van der Waals surface area contributed by atoms with Crippen LogP contribution in [0.1, 0.15) is 25.7 Å². The molecule has 0 heterocycles. The molecule has 1 amide bonds. The lowest BCUT2D eigenvalue weighted by Gasteiger charge is -2.28. The van der Waals surface area contributed by atoms with Gasteiger partial charge < -0.3 is 16.2 Å². The predicted molar refractivity (Wildman–Crippen MR) is 57.6 cm³/mol. The van der Waals surface area contributed by atoms with Gasteiger partial charge in [0.25, 0.3) is 0 Å². The Labute approximate surface area is 94.4 Å². The predicted octanol–water partition coefficient (Wildman–Crippen LogP) is -0.0493. The number of nitrogens with one attached hydrogen (secondary N) is 1. The van der Waals surface area contributed by atoms with E-state index in [0.29, 0.717) is 18.4 Å². The molecular weight excluding hydrogens is 208 g/mol. The summed E-state index contributed by atoms with van der Waals surface area (Å²) in [4.78, 5) is 21.8. The van der Waals surface area contributed by atoms with Crippen LogP contribution in [0.3, 0.4) is 0 Å². The van der Waals surface area contributed by atoms with Gasteiger partial charge in [0.05, 0.1) is 5.92 Å².